The van der Waals surface area contributed by atoms with E-state index in [1.165, 1.54) is 11.1 Å². The first-order valence-electron chi connectivity index (χ1n) is 8.83. The third-order valence-electron chi connectivity index (χ3n) is 4.92. The van der Waals surface area contributed by atoms with E-state index in [2.05, 4.69) is 36.3 Å². The maximum atomic E-state index is 12.6. The molecule has 1 aromatic carbocycles. The molecule has 5 nitrogen and oxygen atoms in total. The molecule has 1 aliphatic rings. The van der Waals surface area contributed by atoms with E-state index in [4.69, 9.17) is 9.26 Å². The fourth-order valence-corrected chi connectivity index (χ4v) is 3.44. The Labute approximate surface area is 148 Å². The summed E-state index contributed by atoms with van der Waals surface area (Å²) in [5.74, 6) is 1.30. The number of benzene rings is 1. The number of likely N-dealkylation sites (tertiary alicyclic amines) is 1. The van der Waals surface area contributed by atoms with Crippen molar-refractivity contribution >= 4 is 5.91 Å². The average Bonchev–Trinajstić information content (AvgIpc) is 3.20. The Bertz CT molecular complexity index is 708. The summed E-state index contributed by atoms with van der Waals surface area (Å²) >= 11 is 0. The van der Waals surface area contributed by atoms with Gasteiger partial charge in [-0.25, -0.2) is 0 Å². The van der Waals surface area contributed by atoms with Crippen molar-refractivity contribution in [3.05, 3.63) is 52.9 Å². The van der Waals surface area contributed by atoms with Gasteiger partial charge in [-0.05, 0) is 25.8 Å². The second kappa shape index (κ2) is 7.83. The van der Waals surface area contributed by atoms with Crippen LogP contribution in [0, 0.1) is 19.8 Å². The van der Waals surface area contributed by atoms with Gasteiger partial charge in [-0.2, -0.15) is 0 Å². The molecule has 0 radical (unpaired) electrons. The van der Waals surface area contributed by atoms with Crippen LogP contribution in [0.1, 0.15) is 29.0 Å². The Balaban J connectivity index is 1.55. The lowest BCUT2D eigenvalue weighted by atomic mass is 10.0. The molecule has 1 amide bonds. The molecule has 2 aromatic rings. The van der Waals surface area contributed by atoms with Crippen LogP contribution < -0.4 is 0 Å². The molecular weight excluding hydrogens is 316 g/mol. The lowest BCUT2D eigenvalue weighted by Gasteiger charge is -2.16. The Morgan fingerprint density at radius 2 is 2.04 bits per heavy atom. The predicted molar refractivity (Wildman–Crippen MR) is 95.3 cm³/mol. The van der Waals surface area contributed by atoms with Gasteiger partial charge in [0, 0.05) is 45.0 Å². The van der Waals surface area contributed by atoms with Crippen molar-refractivity contribution in [1.82, 2.24) is 10.1 Å². The van der Waals surface area contributed by atoms with Crippen molar-refractivity contribution in [3.8, 4) is 0 Å². The van der Waals surface area contributed by atoms with Crippen LogP contribution in [0.25, 0.3) is 0 Å². The van der Waals surface area contributed by atoms with E-state index < -0.39 is 0 Å². The van der Waals surface area contributed by atoms with E-state index in [9.17, 15) is 4.79 Å². The molecule has 2 heterocycles. The molecule has 134 valence electrons. The highest BCUT2D eigenvalue weighted by molar-refractivity contribution is 5.76. The van der Waals surface area contributed by atoms with Crippen molar-refractivity contribution in [2.45, 2.75) is 39.2 Å². The van der Waals surface area contributed by atoms with E-state index in [1.807, 2.05) is 17.9 Å². The van der Waals surface area contributed by atoms with E-state index in [1.54, 1.807) is 7.11 Å². The number of methoxy groups -OCH3 is 1. The molecule has 0 saturated carbocycles. The van der Waals surface area contributed by atoms with Gasteiger partial charge >= 0.3 is 0 Å². The molecule has 5 heteroatoms. The van der Waals surface area contributed by atoms with Crippen LogP contribution in [-0.4, -0.2) is 42.3 Å². The van der Waals surface area contributed by atoms with Crippen LogP contribution in [0.5, 0.6) is 0 Å². The summed E-state index contributed by atoms with van der Waals surface area (Å²) in [7, 11) is 1.71. The molecule has 3 rings (SSSR count). The number of hydrogen-bond donors (Lipinski definition) is 0. The number of aryl methyl sites for hydroxylation is 3. The topological polar surface area (TPSA) is 55.6 Å². The monoisotopic (exact) mass is 342 g/mol. The number of ether oxygens (including phenoxy) is 1. The van der Waals surface area contributed by atoms with Gasteiger partial charge in [-0.3, -0.25) is 4.79 Å². The highest BCUT2D eigenvalue weighted by Gasteiger charge is 2.35. The summed E-state index contributed by atoms with van der Waals surface area (Å²) in [5, 5.41) is 3.94. The van der Waals surface area contributed by atoms with Gasteiger partial charge in [-0.15, -0.1) is 0 Å². The van der Waals surface area contributed by atoms with E-state index in [-0.39, 0.29) is 17.9 Å². The molecule has 2 unspecified atom stereocenters. The number of hydrogen-bond acceptors (Lipinski definition) is 4. The molecule has 1 fully saturated rings. The molecule has 1 saturated heterocycles. The summed E-state index contributed by atoms with van der Waals surface area (Å²) < 4.78 is 10.9. The number of amides is 1. The van der Waals surface area contributed by atoms with Gasteiger partial charge in [0.15, 0.2) is 0 Å². The smallest absolute Gasteiger partial charge is 0.223 e. The maximum Gasteiger partial charge on any atom is 0.223 e. The second-order valence-corrected chi connectivity index (χ2v) is 6.96. The zero-order valence-corrected chi connectivity index (χ0v) is 15.2. The lowest BCUT2D eigenvalue weighted by molar-refractivity contribution is -0.130. The van der Waals surface area contributed by atoms with Gasteiger partial charge in [0.1, 0.15) is 5.76 Å². The minimum Gasteiger partial charge on any atom is -0.379 e. The van der Waals surface area contributed by atoms with E-state index >= 15 is 0 Å². The van der Waals surface area contributed by atoms with Gasteiger partial charge in [0.05, 0.1) is 11.8 Å². The zero-order chi connectivity index (χ0) is 17.8. The molecule has 25 heavy (non-hydrogen) atoms. The van der Waals surface area contributed by atoms with Gasteiger partial charge in [0.25, 0.3) is 0 Å². The van der Waals surface area contributed by atoms with Crippen molar-refractivity contribution in [2.75, 3.05) is 20.2 Å². The number of aromatic nitrogens is 1. The third kappa shape index (κ3) is 4.48. The molecule has 1 aliphatic heterocycles. The van der Waals surface area contributed by atoms with Crippen LogP contribution in [0.4, 0.5) is 0 Å². The molecule has 0 aliphatic carbocycles. The number of carbonyl (C=O) groups is 1. The second-order valence-electron chi connectivity index (χ2n) is 6.96. The molecule has 0 bridgehead atoms. The average molecular weight is 342 g/mol. The van der Waals surface area contributed by atoms with Gasteiger partial charge in [-0.1, -0.05) is 35.0 Å². The quantitative estimate of drug-likeness (QED) is 0.810. The molecule has 1 aromatic heterocycles. The van der Waals surface area contributed by atoms with Crippen molar-refractivity contribution in [2.24, 2.45) is 5.92 Å². The highest BCUT2D eigenvalue weighted by Crippen LogP contribution is 2.25. The minimum atomic E-state index is 0.0498. The van der Waals surface area contributed by atoms with Crippen molar-refractivity contribution in [1.29, 1.82) is 0 Å². The van der Waals surface area contributed by atoms with Gasteiger partial charge < -0.3 is 14.2 Å². The Morgan fingerprint density at radius 3 is 2.68 bits per heavy atom. The first-order valence-corrected chi connectivity index (χ1v) is 8.83. The lowest BCUT2D eigenvalue weighted by Crippen LogP contribution is -2.30. The highest BCUT2D eigenvalue weighted by atomic mass is 16.5. The first-order chi connectivity index (χ1) is 12.0. The predicted octanol–water partition coefficient (Wildman–Crippen LogP) is 2.94. The molecule has 2 atom stereocenters. The first kappa shape index (κ1) is 17.7. The maximum absolute atomic E-state index is 12.6. The number of carbonyl (C=O) groups excluding carboxylic acids is 1. The summed E-state index contributed by atoms with van der Waals surface area (Å²) in [6.45, 7) is 5.35. The number of rotatable bonds is 6. The van der Waals surface area contributed by atoms with Crippen LogP contribution >= 0.6 is 0 Å². The SMILES string of the molecule is COC1CN(C(=O)CCc2ccc(C)cc2)CC1Cc1cc(C)no1. The van der Waals surface area contributed by atoms with Gasteiger partial charge in [0.2, 0.25) is 5.91 Å². The fraction of sp³-hybridized carbons (Fsp3) is 0.500. The largest absolute Gasteiger partial charge is 0.379 e. The number of nitrogens with zero attached hydrogens (tertiary/aromatic N) is 2. The van der Waals surface area contributed by atoms with E-state index in [0.29, 0.717) is 19.5 Å². The normalized spacial score (nSPS) is 20.2. The standard InChI is InChI=1S/C20H26N2O3/c1-14-4-6-16(7-5-14)8-9-20(23)22-12-17(19(13-22)24-3)11-18-10-15(2)21-25-18/h4-7,10,17,19H,8-9,11-13H2,1-3H3. The van der Waals surface area contributed by atoms with Crippen molar-refractivity contribution in [3.63, 3.8) is 0 Å². The van der Waals surface area contributed by atoms with Crippen LogP contribution in [0.3, 0.4) is 0 Å². The Hall–Kier alpha value is -2.14. The third-order valence-corrected chi connectivity index (χ3v) is 4.92. The van der Waals surface area contributed by atoms with Crippen LogP contribution in [-0.2, 0) is 22.4 Å². The molecule has 0 spiro atoms. The Kier molecular flexibility index (Phi) is 5.53. The summed E-state index contributed by atoms with van der Waals surface area (Å²) in [4.78, 5) is 14.5. The van der Waals surface area contributed by atoms with Crippen LogP contribution in [0.15, 0.2) is 34.9 Å². The summed E-state index contributed by atoms with van der Waals surface area (Å²) in [5.41, 5.74) is 3.33. The fourth-order valence-electron chi connectivity index (χ4n) is 3.44. The van der Waals surface area contributed by atoms with E-state index in [0.717, 1.165) is 24.3 Å². The minimum absolute atomic E-state index is 0.0498. The van der Waals surface area contributed by atoms with Crippen molar-refractivity contribution < 1.29 is 14.1 Å². The Morgan fingerprint density at radius 1 is 1.28 bits per heavy atom. The summed E-state index contributed by atoms with van der Waals surface area (Å²) in [6, 6.07) is 10.3. The molecule has 0 N–H and O–H groups in total. The molecular formula is C20H26N2O3. The van der Waals surface area contributed by atoms with Crippen LogP contribution in [0.2, 0.25) is 0 Å². The summed E-state index contributed by atoms with van der Waals surface area (Å²) in [6.07, 6.45) is 2.11. The zero-order valence-electron chi connectivity index (χ0n) is 15.2.